The van der Waals surface area contributed by atoms with Gasteiger partial charge in [-0.05, 0) is 44.2 Å². The van der Waals surface area contributed by atoms with Crippen molar-refractivity contribution < 1.29 is 18.7 Å². The van der Waals surface area contributed by atoms with Crippen molar-refractivity contribution in [2.24, 2.45) is 0 Å². The van der Waals surface area contributed by atoms with E-state index in [0.717, 1.165) is 10.9 Å². The number of ether oxygens (including phenoxy) is 2. The summed E-state index contributed by atoms with van der Waals surface area (Å²) in [6.45, 7) is 3.54. The molecule has 1 amide bonds. The molecule has 0 spiro atoms. The van der Waals surface area contributed by atoms with Gasteiger partial charge in [0.15, 0.2) is 17.1 Å². The molecule has 1 N–H and O–H groups in total. The smallest absolute Gasteiger partial charge is 0.266 e. The Morgan fingerprint density at radius 2 is 1.93 bits per heavy atom. The number of benzene rings is 1. The van der Waals surface area contributed by atoms with Crippen molar-refractivity contribution in [2.75, 3.05) is 5.32 Å². The van der Waals surface area contributed by atoms with Gasteiger partial charge in [0.2, 0.25) is 0 Å². The van der Waals surface area contributed by atoms with Crippen LogP contribution in [-0.2, 0) is 4.79 Å². The summed E-state index contributed by atoms with van der Waals surface area (Å²) in [7, 11) is 0. The van der Waals surface area contributed by atoms with Crippen LogP contribution in [-0.4, -0.2) is 22.0 Å². The van der Waals surface area contributed by atoms with Crippen LogP contribution in [0.1, 0.15) is 11.8 Å². The molecule has 0 aliphatic rings. The molecule has 0 radical (unpaired) electrons. The molecule has 0 fully saturated rings. The molecule has 0 aliphatic heterocycles. The zero-order valence-corrected chi connectivity index (χ0v) is 16.0. The van der Waals surface area contributed by atoms with Crippen LogP contribution in [0.25, 0.3) is 0 Å². The molecule has 140 valence electrons. The molecule has 2 heterocycles. The van der Waals surface area contributed by atoms with E-state index in [0.29, 0.717) is 16.6 Å². The van der Waals surface area contributed by atoms with Gasteiger partial charge in [0.05, 0.1) is 5.02 Å². The van der Waals surface area contributed by atoms with E-state index in [2.05, 4.69) is 15.3 Å². The van der Waals surface area contributed by atoms with E-state index >= 15 is 0 Å². The first kappa shape index (κ1) is 19.1. The zero-order valence-electron chi connectivity index (χ0n) is 14.4. The highest BCUT2D eigenvalue weighted by Crippen LogP contribution is 2.26. The first-order valence-electron chi connectivity index (χ1n) is 7.89. The lowest BCUT2D eigenvalue weighted by Gasteiger charge is -2.14. The number of nitrogens with zero attached hydrogens (tertiary/aromatic N) is 2. The number of rotatable bonds is 6. The van der Waals surface area contributed by atoms with Crippen LogP contribution in [0.4, 0.5) is 9.52 Å². The van der Waals surface area contributed by atoms with Crippen molar-refractivity contribution in [2.45, 2.75) is 20.0 Å². The SMILES string of the molecule is Cc1cnc(NC(=O)C(C)Oc2ccc(Oc3ncc(Cl)cc3F)cc2)s1. The van der Waals surface area contributed by atoms with Crippen LogP contribution in [0, 0.1) is 12.7 Å². The van der Waals surface area contributed by atoms with Crippen molar-refractivity contribution in [1.82, 2.24) is 9.97 Å². The number of hydrogen-bond donors (Lipinski definition) is 1. The minimum Gasteiger partial charge on any atom is -0.481 e. The number of thiazole rings is 1. The van der Waals surface area contributed by atoms with Crippen LogP contribution in [0.2, 0.25) is 5.02 Å². The standard InChI is InChI=1S/C18H15ClFN3O3S/c1-10-8-22-18(27-10)23-16(24)11(2)25-13-3-5-14(6-4-13)26-17-15(20)7-12(19)9-21-17/h3-9,11H,1-2H3,(H,22,23,24). The van der Waals surface area contributed by atoms with Gasteiger partial charge in [0.1, 0.15) is 11.5 Å². The number of amides is 1. The van der Waals surface area contributed by atoms with E-state index in [1.165, 1.54) is 17.5 Å². The van der Waals surface area contributed by atoms with Crippen LogP contribution >= 0.6 is 22.9 Å². The van der Waals surface area contributed by atoms with Gasteiger partial charge in [-0.2, -0.15) is 0 Å². The molecule has 3 rings (SSSR count). The van der Waals surface area contributed by atoms with E-state index in [1.807, 2.05) is 6.92 Å². The molecular formula is C18H15ClFN3O3S. The Labute approximate surface area is 163 Å². The average molecular weight is 408 g/mol. The predicted octanol–water partition coefficient (Wildman–Crippen LogP) is 4.84. The monoisotopic (exact) mass is 407 g/mol. The first-order chi connectivity index (χ1) is 12.9. The molecule has 3 aromatic rings. The molecule has 0 saturated heterocycles. The van der Waals surface area contributed by atoms with E-state index in [-0.39, 0.29) is 16.8 Å². The van der Waals surface area contributed by atoms with Gasteiger partial charge in [-0.15, -0.1) is 11.3 Å². The lowest BCUT2D eigenvalue weighted by atomic mass is 10.3. The molecule has 0 bridgehead atoms. The second kappa shape index (κ2) is 8.32. The summed E-state index contributed by atoms with van der Waals surface area (Å²) in [6.07, 6.45) is 2.25. The summed E-state index contributed by atoms with van der Waals surface area (Å²) in [5.74, 6) is -0.321. The lowest BCUT2D eigenvalue weighted by Crippen LogP contribution is -2.30. The summed E-state index contributed by atoms with van der Waals surface area (Å²) >= 11 is 7.04. The van der Waals surface area contributed by atoms with Gasteiger partial charge >= 0.3 is 0 Å². The largest absolute Gasteiger partial charge is 0.481 e. The highest BCUT2D eigenvalue weighted by atomic mass is 35.5. The summed E-state index contributed by atoms with van der Waals surface area (Å²) < 4.78 is 24.7. The fraction of sp³-hybridized carbons (Fsp3) is 0.167. The fourth-order valence-electron chi connectivity index (χ4n) is 2.05. The molecule has 0 saturated carbocycles. The number of carbonyl (C=O) groups excluding carboxylic acids is 1. The molecular weight excluding hydrogens is 393 g/mol. The molecule has 1 atom stereocenters. The summed E-state index contributed by atoms with van der Waals surface area (Å²) in [4.78, 5) is 21.0. The van der Waals surface area contributed by atoms with Gasteiger partial charge in [-0.1, -0.05) is 11.6 Å². The molecule has 9 heteroatoms. The van der Waals surface area contributed by atoms with Gasteiger partial charge in [-0.25, -0.2) is 14.4 Å². The topological polar surface area (TPSA) is 73.3 Å². The fourth-order valence-corrected chi connectivity index (χ4v) is 2.86. The summed E-state index contributed by atoms with van der Waals surface area (Å²) in [5, 5.41) is 3.40. The quantitative estimate of drug-likeness (QED) is 0.633. The lowest BCUT2D eigenvalue weighted by molar-refractivity contribution is -0.122. The number of pyridine rings is 1. The van der Waals surface area contributed by atoms with Crippen LogP contribution in [0.5, 0.6) is 17.4 Å². The Morgan fingerprint density at radius 1 is 1.22 bits per heavy atom. The third-order valence-corrected chi connectivity index (χ3v) is 4.38. The van der Waals surface area contributed by atoms with Crippen LogP contribution < -0.4 is 14.8 Å². The van der Waals surface area contributed by atoms with E-state index in [9.17, 15) is 9.18 Å². The second-order valence-corrected chi connectivity index (χ2v) is 7.21. The highest BCUT2D eigenvalue weighted by molar-refractivity contribution is 7.15. The van der Waals surface area contributed by atoms with Gasteiger partial charge in [0.25, 0.3) is 11.8 Å². The minimum atomic E-state index is -0.726. The molecule has 2 aromatic heterocycles. The molecule has 0 aliphatic carbocycles. The van der Waals surface area contributed by atoms with E-state index in [4.69, 9.17) is 21.1 Å². The number of halogens is 2. The Balaban J connectivity index is 1.58. The van der Waals surface area contributed by atoms with Crippen molar-refractivity contribution in [3.63, 3.8) is 0 Å². The minimum absolute atomic E-state index is 0.181. The Hall–Kier alpha value is -2.71. The molecule has 6 nitrogen and oxygen atoms in total. The van der Waals surface area contributed by atoms with Gasteiger partial charge in [0, 0.05) is 17.3 Å². The average Bonchev–Trinajstić information content (AvgIpc) is 3.03. The van der Waals surface area contributed by atoms with Crippen LogP contribution in [0.3, 0.4) is 0 Å². The predicted molar refractivity (Wildman–Crippen MR) is 101 cm³/mol. The number of hydrogen-bond acceptors (Lipinski definition) is 6. The van der Waals surface area contributed by atoms with Gasteiger partial charge in [-0.3, -0.25) is 10.1 Å². The van der Waals surface area contributed by atoms with Crippen molar-refractivity contribution in [3.05, 3.63) is 58.4 Å². The third kappa shape index (κ3) is 5.15. The number of aromatic nitrogens is 2. The Kier molecular flexibility index (Phi) is 5.88. The number of carbonyl (C=O) groups is 1. The zero-order chi connectivity index (χ0) is 19.4. The maximum Gasteiger partial charge on any atom is 0.266 e. The third-order valence-electron chi connectivity index (χ3n) is 3.35. The number of anilines is 1. The molecule has 1 aromatic carbocycles. The molecule has 1 unspecified atom stereocenters. The number of aryl methyl sites for hydroxylation is 1. The van der Waals surface area contributed by atoms with E-state index in [1.54, 1.807) is 37.4 Å². The maximum atomic E-state index is 13.7. The summed E-state index contributed by atoms with van der Waals surface area (Å²) in [6, 6.07) is 7.51. The summed E-state index contributed by atoms with van der Waals surface area (Å²) in [5.41, 5.74) is 0. The second-order valence-electron chi connectivity index (χ2n) is 5.54. The van der Waals surface area contributed by atoms with Gasteiger partial charge < -0.3 is 9.47 Å². The van der Waals surface area contributed by atoms with Crippen molar-refractivity contribution in [1.29, 1.82) is 0 Å². The normalized spacial score (nSPS) is 11.7. The Morgan fingerprint density at radius 3 is 2.56 bits per heavy atom. The first-order valence-corrected chi connectivity index (χ1v) is 9.09. The van der Waals surface area contributed by atoms with Crippen LogP contribution in [0.15, 0.2) is 42.7 Å². The Bertz CT molecular complexity index is 949. The number of nitrogens with one attached hydrogen (secondary N) is 1. The molecule has 27 heavy (non-hydrogen) atoms. The van der Waals surface area contributed by atoms with E-state index < -0.39 is 11.9 Å². The van der Waals surface area contributed by atoms with Crippen molar-refractivity contribution >= 4 is 34.0 Å². The maximum absolute atomic E-state index is 13.7. The highest BCUT2D eigenvalue weighted by Gasteiger charge is 2.16. The van der Waals surface area contributed by atoms with Crippen molar-refractivity contribution in [3.8, 4) is 17.4 Å².